The number of aryl methyl sites for hydroxylation is 1. The highest BCUT2D eigenvalue weighted by Gasteiger charge is 2.34. The van der Waals surface area contributed by atoms with E-state index in [0.29, 0.717) is 11.8 Å². The van der Waals surface area contributed by atoms with Crippen LogP contribution in [0, 0.1) is 17.0 Å². The van der Waals surface area contributed by atoms with Crippen LogP contribution in [-0.4, -0.2) is 14.9 Å². The number of thioether (sulfide) groups is 1. The number of non-ortho nitro benzene ring substituents is 1. The van der Waals surface area contributed by atoms with Crippen LogP contribution in [0.4, 0.5) is 18.9 Å². The zero-order valence-electron chi connectivity index (χ0n) is 15.0. The summed E-state index contributed by atoms with van der Waals surface area (Å²) in [5.74, 6) is 0.213. The smallest absolute Gasteiger partial charge is 0.433 e. The van der Waals surface area contributed by atoms with Gasteiger partial charge >= 0.3 is 6.18 Å². The van der Waals surface area contributed by atoms with E-state index in [0.717, 1.165) is 22.9 Å². The molecule has 0 saturated carbocycles. The van der Waals surface area contributed by atoms with Crippen molar-refractivity contribution < 1.29 is 22.8 Å². The number of halogens is 3. The van der Waals surface area contributed by atoms with E-state index >= 15 is 0 Å². The highest BCUT2D eigenvalue weighted by atomic mass is 32.2. The number of nitro groups is 1. The van der Waals surface area contributed by atoms with E-state index in [1.165, 1.54) is 24.3 Å². The second kappa shape index (κ2) is 8.48. The highest BCUT2D eigenvalue weighted by Crippen LogP contribution is 2.33. The number of hydrogen-bond acceptors (Lipinski definition) is 6. The molecule has 0 bridgehead atoms. The summed E-state index contributed by atoms with van der Waals surface area (Å²) in [5.41, 5.74) is 0.672. The summed E-state index contributed by atoms with van der Waals surface area (Å²) in [6.45, 7) is 1.92. The summed E-state index contributed by atoms with van der Waals surface area (Å²) >= 11 is 1.05. The Morgan fingerprint density at radius 1 is 1.10 bits per heavy atom. The zero-order valence-corrected chi connectivity index (χ0v) is 15.8. The first-order chi connectivity index (χ1) is 13.7. The Bertz CT molecular complexity index is 1030. The van der Waals surface area contributed by atoms with Crippen LogP contribution in [-0.2, 0) is 11.9 Å². The van der Waals surface area contributed by atoms with Crippen molar-refractivity contribution >= 4 is 17.4 Å². The van der Waals surface area contributed by atoms with Crippen LogP contribution in [0.25, 0.3) is 0 Å². The minimum atomic E-state index is -4.67. The minimum absolute atomic E-state index is 0.0850. The molecule has 0 N–H and O–H groups in total. The Labute approximate surface area is 167 Å². The lowest BCUT2D eigenvalue weighted by Gasteiger charge is -2.11. The maximum Gasteiger partial charge on any atom is 0.433 e. The molecular formula is C19H14F3N3O3S. The maximum atomic E-state index is 13.2. The van der Waals surface area contributed by atoms with Crippen LogP contribution in [0.3, 0.4) is 0 Å². The number of ether oxygens (including phenoxy) is 1. The fourth-order valence-corrected chi connectivity index (χ4v) is 3.17. The maximum absolute atomic E-state index is 13.2. The second-order valence-electron chi connectivity index (χ2n) is 6.00. The molecule has 29 heavy (non-hydrogen) atoms. The highest BCUT2D eigenvalue weighted by molar-refractivity contribution is 7.98. The Morgan fingerprint density at radius 3 is 2.45 bits per heavy atom. The largest absolute Gasteiger partial charge is 0.439 e. The van der Waals surface area contributed by atoms with Gasteiger partial charge in [-0.2, -0.15) is 18.2 Å². The lowest BCUT2D eigenvalue weighted by atomic mass is 10.2. The molecular weight excluding hydrogens is 407 g/mol. The number of alkyl halides is 3. The Balaban J connectivity index is 1.84. The van der Waals surface area contributed by atoms with Crippen molar-refractivity contribution in [2.45, 2.75) is 24.0 Å². The molecule has 0 radical (unpaired) electrons. The molecule has 10 heteroatoms. The molecule has 6 nitrogen and oxygen atoms in total. The lowest BCUT2D eigenvalue weighted by Crippen LogP contribution is -2.10. The molecule has 150 valence electrons. The predicted molar refractivity (Wildman–Crippen MR) is 101 cm³/mol. The summed E-state index contributed by atoms with van der Waals surface area (Å²) in [7, 11) is 0. The van der Waals surface area contributed by atoms with Crippen molar-refractivity contribution in [3.63, 3.8) is 0 Å². The first kappa shape index (κ1) is 20.6. The zero-order chi connectivity index (χ0) is 21.0. The van der Waals surface area contributed by atoms with Crippen LogP contribution >= 0.6 is 11.8 Å². The van der Waals surface area contributed by atoms with Gasteiger partial charge in [0, 0.05) is 24.0 Å². The van der Waals surface area contributed by atoms with Gasteiger partial charge in [0.1, 0.15) is 5.75 Å². The van der Waals surface area contributed by atoms with Crippen molar-refractivity contribution in [2.75, 3.05) is 0 Å². The van der Waals surface area contributed by atoms with Crippen molar-refractivity contribution in [3.8, 4) is 11.6 Å². The van der Waals surface area contributed by atoms with Crippen LogP contribution in [0.15, 0.2) is 59.8 Å². The summed E-state index contributed by atoms with van der Waals surface area (Å²) in [6, 6.07) is 13.2. The lowest BCUT2D eigenvalue weighted by molar-refractivity contribution is -0.384. The summed E-state index contributed by atoms with van der Waals surface area (Å²) in [6.07, 6.45) is -4.67. The van der Waals surface area contributed by atoms with Crippen LogP contribution in [0.5, 0.6) is 11.6 Å². The van der Waals surface area contributed by atoms with Gasteiger partial charge in [0.05, 0.1) is 4.92 Å². The molecule has 1 heterocycles. The third-order valence-electron chi connectivity index (χ3n) is 3.69. The molecule has 3 aromatic rings. The summed E-state index contributed by atoms with van der Waals surface area (Å²) in [4.78, 5) is 17.7. The number of benzene rings is 2. The Kier molecular flexibility index (Phi) is 6.02. The second-order valence-corrected chi connectivity index (χ2v) is 6.95. The fraction of sp³-hybridized carbons (Fsp3) is 0.158. The minimum Gasteiger partial charge on any atom is -0.439 e. The van der Waals surface area contributed by atoms with Crippen LogP contribution in [0.2, 0.25) is 0 Å². The molecule has 0 amide bonds. The van der Waals surface area contributed by atoms with Crippen LogP contribution in [0.1, 0.15) is 16.8 Å². The van der Waals surface area contributed by atoms with E-state index in [9.17, 15) is 23.3 Å². The molecule has 0 spiro atoms. The van der Waals surface area contributed by atoms with Crippen molar-refractivity contribution in [3.05, 3.63) is 81.5 Å². The third kappa shape index (κ3) is 5.67. The van der Waals surface area contributed by atoms with E-state index in [4.69, 9.17) is 4.74 Å². The molecule has 0 saturated heterocycles. The van der Waals surface area contributed by atoms with Gasteiger partial charge < -0.3 is 4.74 Å². The van der Waals surface area contributed by atoms with Crippen LogP contribution < -0.4 is 4.74 Å². The van der Waals surface area contributed by atoms with Gasteiger partial charge in [-0.1, -0.05) is 41.6 Å². The van der Waals surface area contributed by atoms with Gasteiger partial charge in [-0.15, -0.1) is 0 Å². The number of rotatable bonds is 6. The first-order valence-electron chi connectivity index (χ1n) is 8.27. The standard InChI is InChI=1S/C19H14F3N3O3S/c1-12-3-2-4-13(9-12)11-29-18-23-16(19(20,21)22)10-17(24-18)28-15-7-5-14(6-8-15)25(26)27/h2-10H,11H2,1H3. The van der Waals surface area contributed by atoms with E-state index in [1.807, 2.05) is 31.2 Å². The van der Waals surface area contributed by atoms with Gasteiger partial charge in [-0.05, 0) is 24.6 Å². The monoisotopic (exact) mass is 421 g/mol. The summed E-state index contributed by atoms with van der Waals surface area (Å²) < 4.78 is 45.0. The molecule has 1 aromatic heterocycles. The molecule has 2 aromatic carbocycles. The fourth-order valence-electron chi connectivity index (χ4n) is 2.37. The van der Waals surface area contributed by atoms with Gasteiger partial charge in [0.25, 0.3) is 5.69 Å². The quantitative estimate of drug-likeness (QED) is 0.217. The van der Waals surface area contributed by atoms with Gasteiger partial charge in [-0.25, -0.2) is 4.98 Å². The number of hydrogen-bond donors (Lipinski definition) is 0. The normalized spacial score (nSPS) is 11.3. The van der Waals surface area contributed by atoms with Crippen molar-refractivity contribution in [1.29, 1.82) is 0 Å². The van der Waals surface area contributed by atoms with Crippen molar-refractivity contribution in [2.24, 2.45) is 0 Å². The molecule has 3 rings (SSSR count). The molecule has 0 atom stereocenters. The molecule has 0 aliphatic carbocycles. The van der Waals surface area contributed by atoms with E-state index in [1.54, 1.807) is 0 Å². The Morgan fingerprint density at radius 2 is 1.83 bits per heavy atom. The average molecular weight is 421 g/mol. The topological polar surface area (TPSA) is 78.2 Å². The van der Waals surface area contributed by atoms with E-state index in [-0.39, 0.29) is 22.5 Å². The average Bonchev–Trinajstić information content (AvgIpc) is 2.66. The molecule has 0 aliphatic heterocycles. The number of aromatic nitrogens is 2. The predicted octanol–water partition coefficient (Wildman–Crippen LogP) is 5.80. The molecule has 0 fully saturated rings. The third-order valence-corrected chi connectivity index (χ3v) is 4.61. The number of nitro benzene ring substituents is 1. The van der Waals surface area contributed by atoms with Gasteiger partial charge in [0.15, 0.2) is 10.9 Å². The van der Waals surface area contributed by atoms with E-state index in [2.05, 4.69) is 9.97 Å². The van der Waals surface area contributed by atoms with Crippen molar-refractivity contribution in [1.82, 2.24) is 9.97 Å². The van der Waals surface area contributed by atoms with E-state index < -0.39 is 16.8 Å². The molecule has 0 unspecified atom stereocenters. The summed E-state index contributed by atoms with van der Waals surface area (Å²) in [5, 5.41) is 10.6. The van der Waals surface area contributed by atoms with Gasteiger partial charge in [0.2, 0.25) is 5.88 Å². The first-order valence-corrected chi connectivity index (χ1v) is 9.26. The number of nitrogens with zero attached hydrogens (tertiary/aromatic N) is 3. The Hall–Kier alpha value is -3.14. The SMILES string of the molecule is Cc1cccc(CSc2nc(Oc3ccc([N+](=O)[O-])cc3)cc(C(F)(F)F)n2)c1. The van der Waals surface area contributed by atoms with Gasteiger partial charge in [-0.3, -0.25) is 10.1 Å². The molecule has 0 aliphatic rings.